The summed E-state index contributed by atoms with van der Waals surface area (Å²) in [5.41, 5.74) is 8.10. The molecule has 1 aliphatic rings. The molecule has 0 atom stereocenters. The maximum absolute atomic E-state index is 5.61. The molecule has 0 aromatic heterocycles. The highest BCUT2D eigenvalue weighted by Gasteiger charge is 2.28. The molecule has 3 heteroatoms. The maximum Gasteiger partial charge on any atom is 0.0641 e. The zero-order valence-corrected chi connectivity index (χ0v) is 10.6. The molecule has 94 valence electrons. The average molecular weight is 234 g/mol. The SMILES string of the molecule is CCOCCN(c1ccc(CN)cc1)C1CC1. The second kappa shape index (κ2) is 6.03. The Bertz CT molecular complexity index is 333. The minimum absolute atomic E-state index is 0.614. The highest BCUT2D eigenvalue weighted by Crippen LogP contribution is 2.31. The summed E-state index contributed by atoms with van der Waals surface area (Å²) < 4.78 is 5.45. The first kappa shape index (κ1) is 12.4. The molecule has 0 bridgehead atoms. The topological polar surface area (TPSA) is 38.5 Å². The summed E-state index contributed by atoms with van der Waals surface area (Å²) in [5.74, 6) is 0. The highest BCUT2D eigenvalue weighted by atomic mass is 16.5. The Labute approximate surface area is 104 Å². The van der Waals surface area contributed by atoms with Crippen molar-refractivity contribution in [2.45, 2.75) is 32.4 Å². The van der Waals surface area contributed by atoms with E-state index < -0.39 is 0 Å². The number of ether oxygens (including phenoxy) is 1. The largest absolute Gasteiger partial charge is 0.380 e. The Morgan fingerprint density at radius 2 is 2.00 bits per heavy atom. The van der Waals surface area contributed by atoms with E-state index in [1.54, 1.807) is 0 Å². The fourth-order valence-electron chi connectivity index (χ4n) is 2.04. The molecule has 0 saturated heterocycles. The Kier molecular flexibility index (Phi) is 4.40. The third kappa shape index (κ3) is 3.45. The standard InChI is InChI=1S/C14H22N2O/c1-2-17-10-9-16(14-7-8-14)13-5-3-12(11-15)4-6-13/h3-6,14H,2,7-11,15H2,1H3. The molecule has 0 radical (unpaired) electrons. The van der Waals surface area contributed by atoms with E-state index in [2.05, 4.69) is 29.2 Å². The van der Waals surface area contributed by atoms with Gasteiger partial charge in [0, 0.05) is 31.4 Å². The number of rotatable bonds is 7. The van der Waals surface area contributed by atoms with Crippen molar-refractivity contribution in [3.05, 3.63) is 29.8 Å². The molecular formula is C14H22N2O. The first-order valence-electron chi connectivity index (χ1n) is 6.48. The molecule has 17 heavy (non-hydrogen) atoms. The van der Waals surface area contributed by atoms with Crippen molar-refractivity contribution in [1.82, 2.24) is 0 Å². The molecule has 0 heterocycles. The van der Waals surface area contributed by atoms with Gasteiger partial charge in [-0.2, -0.15) is 0 Å². The third-order valence-electron chi connectivity index (χ3n) is 3.17. The van der Waals surface area contributed by atoms with E-state index in [0.29, 0.717) is 6.54 Å². The van der Waals surface area contributed by atoms with Crippen LogP contribution in [0.3, 0.4) is 0 Å². The molecule has 2 rings (SSSR count). The van der Waals surface area contributed by atoms with Gasteiger partial charge in [-0.05, 0) is 37.5 Å². The molecule has 0 spiro atoms. The minimum Gasteiger partial charge on any atom is -0.380 e. The van der Waals surface area contributed by atoms with Crippen LogP contribution in [0.25, 0.3) is 0 Å². The predicted molar refractivity (Wildman–Crippen MR) is 71.2 cm³/mol. The fourth-order valence-corrected chi connectivity index (χ4v) is 2.04. The lowest BCUT2D eigenvalue weighted by molar-refractivity contribution is 0.153. The summed E-state index contributed by atoms with van der Waals surface area (Å²) >= 11 is 0. The number of hydrogen-bond donors (Lipinski definition) is 1. The van der Waals surface area contributed by atoms with Crippen LogP contribution in [0.15, 0.2) is 24.3 Å². The Morgan fingerprint density at radius 1 is 1.29 bits per heavy atom. The Morgan fingerprint density at radius 3 is 2.53 bits per heavy atom. The van der Waals surface area contributed by atoms with Gasteiger partial charge in [0.1, 0.15) is 0 Å². The van der Waals surface area contributed by atoms with Gasteiger partial charge in [-0.1, -0.05) is 12.1 Å². The van der Waals surface area contributed by atoms with Crippen LogP contribution in [0.2, 0.25) is 0 Å². The normalized spacial score (nSPS) is 14.9. The predicted octanol–water partition coefficient (Wildman–Crippen LogP) is 2.15. The zero-order chi connectivity index (χ0) is 12.1. The van der Waals surface area contributed by atoms with Gasteiger partial charge in [-0.3, -0.25) is 0 Å². The number of hydrogen-bond acceptors (Lipinski definition) is 3. The van der Waals surface area contributed by atoms with Crippen molar-refractivity contribution in [3.63, 3.8) is 0 Å². The van der Waals surface area contributed by atoms with Crippen LogP contribution in [-0.2, 0) is 11.3 Å². The summed E-state index contributed by atoms with van der Waals surface area (Å²) in [5, 5.41) is 0. The van der Waals surface area contributed by atoms with E-state index in [0.717, 1.165) is 25.8 Å². The molecular weight excluding hydrogens is 212 g/mol. The smallest absolute Gasteiger partial charge is 0.0641 e. The van der Waals surface area contributed by atoms with Crippen LogP contribution in [0.1, 0.15) is 25.3 Å². The second-order valence-electron chi connectivity index (χ2n) is 4.49. The third-order valence-corrected chi connectivity index (χ3v) is 3.17. The lowest BCUT2D eigenvalue weighted by Gasteiger charge is -2.24. The summed E-state index contributed by atoms with van der Waals surface area (Å²) in [7, 11) is 0. The van der Waals surface area contributed by atoms with Gasteiger partial charge >= 0.3 is 0 Å². The van der Waals surface area contributed by atoms with Crippen LogP contribution in [0.4, 0.5) is 5.69 Å². The van der Waals surface area contributed by atoms with Gasteiger partial charge < -0.3 is 15.4 Å². The van der Waals surface area contributed by atoms with Gasteiger partial charge in [-0.15, -0.1) is 0 Å². The first-order valence-corrected chi connectivity index (χ1v) is 6.48. The van der Waals surface area contributed by atoms with Crippen molar-refractivity contribution >= 4 is 5.69 Å². The van der Waals surface area contributed by atoms with Crippen LogP contribution in [-0.4, -0.2) is 25.8 Å². The monoisotopic (exact) mass is 234 g/mol. The maximum atomic E-state index is 5.61. The van der Waals surface area contributed by atoms with Gasteiger partial charge in [0.25, 0.3) is 0 Å². The number of nitrogens with two attached hydrogens (primary N) is 1. The summed E-state index contributed by atoms with van der Waals surface area (Å²) in [4.78, 5) is 2.45. The van der Waals surface area contributed by atoms with E-state index >= 15 is 0 Å². The van der Waals surface area contributed by atoms with Crippen molar-refractivity contribution in [2.24, 2.45) is 5.73 Å². The van der Waals surface area contributed by atoms with Crippen LogP contribution < -0.4 is 10.6 Å². The van der Waals surface area contributed by atoms with Gasteiger partial charge in [0.15, 0.2) is 0 Å². The number of benzene rings is 1. The summed E-state index contributed by atoms with van der Waals surface area (Å²) in [6.07, 6.45) is 2.62. The van der Waals surface area contributed by atoms with Gasteiger partial charge in [-0.25, -0.2) is 0 Å². The first-order chi connectivity index (χ1) is 8.35. The van der Waals surface area contributed by atoms with E-state index in [4.69, 9.17) is 10.5 Å². The number of nitrogens with zero attached hydrogens (tertiary/aromatic N) is 1. The van der Waals surface area contributed by atoms with Gasteiger partial charge in [0.2, 0.25) is 0 Å². The average Bonchev–Trinajstić information content (AvgIpc) is 3.19. The lowest BCUT2D eigenvalue weighted by Crippen LogP contribution is -2.29. The lowest BCUT2D eigenvalue weighted by atomic mass is 10.2. The van der Waals surface area contributed by atoms with Crippen LogP contribution in [0.5, 0.6) is 0 Å². The molecule has 0 aliphatic heterocycles. The fraction of sp³-hybridized carbons (Fsp3) is 0.571. The Hall–Kier alpha value is -1.06. The molecule has 1 fully saturated rings. The van der Waals surface area contributed by atoms with E-state index in [1.165, 1.54) is 24.1 Å². The highest BCUT2D eigenvalue weighted by molar-refractivity contribution is 5.49. The molecule has 0 unspecified atom stereocenters. The molecule has 3 nitrogen and oxygen atoms in total. The van der Waals surface area contributed by atoms with E-state index in [1.807, 2.05) is 6.92 Å². The summed E-state index contributed by atoms with van der Waals surface area (Å²) in [6.45, 7) is 5.25. The van der Waals surface area contributed by atoms with Gasteiger partial charge in [0.05, 0.1) is 6.61 Å². The summed E-state index contributed by atoms with van der Waals surface area (Å²) in [6, 6.07) is 9.30. The number of anilines is 1. The van der Waals surface area contributed by atoms with Crippen molar-refractivity contribution < 1.29 is 4.74 Å². The molecule has 1 aromatic carbocycles. The van der Waals surface area contributed by atoms with E-state index in [9.17, 15) is 0 Å². The molecule has 1 aromatic rings. The van der Waals surface area contributed by atoms with E-state index in [-0.39, 0.29) is 0 Å². The Balaban J connectivity index is 1.98. The zero-order valence-electron chi connectivity index (χ0n) is 10.6. The minimum atomic E-state index is 0.614. The van der Waals surface area contributed by atoms with Crippen molar-refractivity contribution in [1.29, 1.82) is 0 Å². The van der Waals surface area contributed by atoms with Crippen molar-refractivity contribution in [3.8, 4) is 0 Å². The van der Waals surface area contributed by atoms with Crippen LogP contribution >= 0.6 is 0 Å². The van der Waals surface area contributed by atoms with Crippen molar-refractivity contribution in [2.75, 3.05) is 24.7 Å². The molecule has 2 N–H and O–H groups in total. The second-order valence-corrected chi connectivity index (χ2v) is 4.49. The molecule has 1 saturated carbocycles. The quantitative estimate of drug-likeness (QED) is 0.735. The molecule has 0 amide bonds. The molecule has 1 aliphatic carbocycles. The van der Waals surface area contributed by atoms with Crippen LogP contribution in [0, 0.1) is 0 Å².